The van der Waals surface area contributed by atoms with E-state index in [1.54, 1.807) is 18.1 Å². The maximum Gasteiger partial charge on any atom is 0.316 e. The molecular weight excluding hydrogens is 334 g/mol. The van der Waals surface area contributed by atoms with Gasteiger partial charge < -0.3 is 19.5 Å². The second-order valence-electron chi connectivity index (χ2n) is 6.68. The average Bonchev–Trinajstić information content (AvgIpc) is 2.65. The summed E-state index contributed by atoms with van der Waals surface area (Å²) in [6.45, 7) is 2.97. The van der Waals surface area contributed by atoms with Crippen molar-refractivity contribution in [3.63, 3.8) is 0 Å². The third kappa shape index (κ3) is 5.21. The summed E-state index contributed by atoms with van der Waals surface area (Å²) in [6.07, 6.45) is 4.63. The van der Waals surface area contributed by atoms with Gasteiger partial charge in [-0.05, 0) is 18.6 Å². The molecule has 0 bridgehead atoms. The molecule has 144 valence electrons. The van der Waals surface area contributed by atoms with Crippen LogP contribution in [0.25, 0.3) is 0 Å². The summed E-state index contributed by atoms with van der Waals surface area (Å²) in [6, 6.07) is 7.29. The number of carboxylic acids is 1. The van der Waals surface area contributed by atoms with Gasteiger partial charge in [0.15, 0.2) is 0 Å². The van der Waals surface area contributed by atoms with Crippen molar-refractivity contribution in [2.45, 2.75) is 51.6 Å². The van der Waals surface area contributed by atoms with E-state index < -0.39 is 11.9 Å². The number of carbonyl (C=O) groups excluding carboxylic acids is 1. The molecule has 2 rings (SSSR count). The topological polar surface area (TPSA) is 76.1 Å². The summed E-state index contributed by atoms with van der Waals surface area (Å²) >= 11 is 0. The molecule has 2 unspecified atom stereocenters. The van der Waals surface area contributed by atoms with Gasteiger partial charge in [0, 0.05) is 20.1 Å². The summed E-state index contributed by atoms with van der Waals surface area (Å²) in [5.74, 6) is -1.81. The number of hydrogen-bond donors (Lipinski definition) is 1. The van der Waals surface area contributed by atoms with Gasteiger partial charge in [-0.2, -0.15) is 0 Å². The highest BCUT2D eigenvalue weighted by atomic mass is 16.5. The van der Waals surface area contributed by atoms with Crippen LogP contribution in [-0.4, -0.2) is 43.3 Å². The highest BCUT2D eigenvalue weighted by Crippen LogP contribution is 2.35. The standard InChI is InChI=1S/C20H29NO5/c1-3-4-5-6-9-16(20(23)24)19(22)21-14-15(12-13-25-2)26-18-11-8-7-10-17(18)21/h7-8,10-11,15-16H,3-6,9,12-14H2,1-2H3,(H,23,24). The third-order valence-electron chi connectivity index (χ3n) is 4.69. The summed E-state index contributed by atoms with van der Waals surface area (Å²) in [7, 11) is 1.62. The Hall–Kier alpha value is -2.08. The van der Waals surface area contributed by atoms with Crippen LogP contribution < -0.4 is 9.64 Å². The maximum absolute atomic E-state index is 13.0. The zero-order chi connectivity index (χ0) is 18.9. The van der Waals surface area contributed by atoms with Gasteiger partial charge in [-0.1, -0.05) is 44.7 Å². The van der Waals surface area contributed by atoms with E-state index in [1.807, 2.05) is 18.2 Å². The minimum absolute atomic E-state index is 0.205. The second-order valence-corrected chi connectivity index (χ2v) is 6.68. The predicted octanol–water partition coefficient (Wildman–Crippen LogP) is 3.49. The van der Waals surface area contributed by atoms with E-state index in [-0.39, 0.29) is 12.0 Å². The molecule has 0 saturated heterocycles. The number of para-hydroxylation sites is 2. The van der Waals surface area contributed by atoms with Crippen LogP contribution in [0, 0.1) is 5.92 Å². The van der Waals surface area contributed by atoms with Gasteiger partial charge in [0.2, 0.25) is 5.91 Å². The lowest BCUT2D eigenvalue weighted by molar-refractivity contribution is -0.146. The molecule has 1 aliphatic heterocycles. The Bertz CT molecular complexity index is 604. The number of amides is 1. The highest BCUT2D eigenvalue weighted by Gasteiger charge is 2.36. The number of methoxy groups -OCH3 is 1. The Morgan fingerprint density at radius 3 is 2.77 bits per heavy atom. The molecule has 0 fully saturated rings. The van der Waals surface area contributed by atoms with Gasteiger partial charge in [-0.25, -0.2) is 0 Å². The van der Waals surface area contributed by atoms with Gasteiger partial charge in [-0.3, -0.25) is 9.59 Å². The Kier molecular flexibility index (Phi) is 7.91. The molecule has 1 N–H and O–H groups in total. The van der Waals surface area contributed by atoms with Gasteiger partial charge in [0.05, 0.1) is 12.2 Å². The molecule has 0 radical (unpaired) electrons. The van der Waals surface area contributed by atoms with E-state index in [1.165, 1.54) is 0 Å². The van der Waals surface area contributed by atoms with E-state index in [4.69, 9.17) is 9.47 Å². The van der Waals surface area contributed by atoms with E-state index in [0.717, 1.165) is 25.7 Å². The Morgan fingerprint density at radius 2 is 2.08 bits per heavy atom. The van der Waals surface area contributed by atoms with Gasteiger partial charge >= 0.3 is 5.97 Å². The monoisotopic (exact) mass is 363 g/mol. The number of fused-ring (bicyclic) bond motifs is 1. The quantitative estimate of drug-likeness (QED) is 0.509. The van der Waals surface area contributed by atoms with Crippen LogP contribution in [0.2, 0.25) is 0 Å². The van der Waals surface area contributed by atoms with Crippen molar-refractivity contribution < 1.29 is 24.2 Å². The van der Waals surface area contributed by atoms with E-state index in [2.05, 4.69) is 6.92 Å². The first kappa shape index (κ1) is 20.2. The lowest BCUT2D eigenvalue weighted by atomic mass is 9.98. The molecule has 1 aromatic carbocycles. The maximum atomic E-state index is 13.0. The molecule has 1 aliphatic rings. The molecular formula is C20H29NO5. The summed E-state index contributed by atoms with van der Waals surface area (Å²) < 4.78 is 11.1. The molecule has 0 saturated carbocycles. The Morgan fingerprint density at radius 1 is 1.31 bits per heavy atom. The van der Waals surface area contributed by atoms with Crippen LogP contribution in [0.1, 0.15) is 45.4 Å². The smallest absolute Gasteiger partial charge is 0.316 e. The molecule has 1 aromatic rings. The van der Waals surface area contributed by atoms with Crippen molar-refractivity contribution in [2.75, 3.05) is 25.2 Å². The first-order valence-corrected chi connectivity index (χ1v) is 9.37. The first-order valence-electron chi connectivity index (χ1n) is 9.37. The van der Waals surface area contributed by atoms with Crippen molar-refractivity contribution in [1.82, 2.24) is 0 Å². The fourth-order valence-electron chi connectivity index (χ4n) is 3.22. The SMILES string of the molecule is CCCCCCC(C(=O)O)C(=O)N1CC(CCOC)Oc2ccccc21. The highest BCUT2D eigenvalue weighted by molar-refractivity contribution is 6.06. The van der Waals surface area contributed by atoms with Crippen LogP contribution in [0.4, 0.5) is 5.69 Å². The zero-order valence-electron chi connectivity index (χ0n) is 15.6. The fourth-order valence-corrected chi connectivity index (χ4v) is 3.22. The van der Waals surface area contributed by atoms with Crippen molar-refractivity contribution in [3.05, 3.63) is 24.3 Å². The van der Waals surface area contributed by atoms with Crippen LogP contribution in [0.15, 0.2) is 24.3 Å². The number of aliphatic carboxylic acids is 1. The number of nitrogens with zero attached hydrogens (tertiary/aromatic N) is 1. The minimum Gasteiger partial charge on any atom is -0.486 e. The fraction of sp³-hybridized carbons (Fsp3) is 0.600. The largest absolute Gasteiger partial charge is 0.486 e. The number of ether oxygens (including phenoxy) is 2. The third-order valence-corrected chi connectivity index (χ3v) is 4.69. The molecule has 26 heavy (non-hydrogen) atoms. The molecule has 6 nitrogen and oxygen atoms in total. The summed E-state index contributed by atoms with van der Waals surface area (Å²) in [5, 5.41) is 9.59. The summed E-state index contributed by atoms with van der Waals surface area (Å²) in [4.78, 5) is 26.3. The van der Waals surface area contributed by atoms with Crippen molar-refractivity contribution >= 4 is 17.6 Å². The number of carbonyl (C=O) groups is 2. The van der Waals surface area contributed by atoms with E-state index >= 15 is 0 Å². The normalized spacial score (nSPS) is 17.3. The number of anilines is 1. The average molecular weight is 363 g/mol. The number of hydrogen-bond acceptors (Lipinski definition) is 4. The van der Waals surface area contributed by atoms with Gasteiger partial charge in [0.1, 0.15) is 17.8 Å². The van der Waals surface area contributed by atoms with Crippen molar-refractivity contribution in [3.8, 4) is 5.75 Å². The molecule has 1 amide bonds. The van der Waals surface area contributed by atoms with Gasteiger partial charge in [0.25, 0.3) is 0 Å². The van der Waals surface area contributed by atoms with E-state index in [9.17, 15) is 14.7 Å². The molecule has 6 heteroatoms. The molecule has 0 aromatic heterocycles. The van der Waals surface area contributed by atoms with Crippen LogP contribution in [0.5, 0.6) is 5.75 Å². The number of benzene rings is 1. The summed E-state index contributed by atoms with van der Waals surface area (Å²) in [5.41, 5.74) is 0.644. The van der Waals surface area contributed by atoms with Crippen LogP contribution >= 0.6 is 0 Å². The molecule has 2 atom stereocenters. The zero-order valence-corrected chi connectivity index (χ0v) is 15.6. The first-order chi connectivity index (χ1) is 12.6. The van der Waals surface area contributed by atoms with Gasteiger partial charge in [-0.15, -0.1) is 0 Å². The molecule has 0 aliphatic carbocycles. The second kappa shape index (κ2) is 10.2. The minimum atomic E-state index is -1.05. The number of rotatable bonds is 10. The lowest BCUT2D eigenvalue weighted by Crippen LogP contribution is -2.47. The predicted molar refractivity (Wildman–Crippen MR) is 99.6 cm³/mol. The number of carboxylic acid groups (broad SMARTS) is 1. The van der Waals surface area contributed by atoms with Crippen molar-refractivity contribution in [1.29, 1.82) is 0 Å². The Balaban J connectivity index is 2.16. The van der Waals surface area contributed by atoms with Crippen LogP contribution in [-0.2, 0) is 14.3 Å². The number of unbranched alkanes of at least 4 members (excludes halogenated alkanes) is 3. The lowest BCUT2D eigenvalue weighted by Gasteiger charge is -2.36. The molecule has 1 heterocycles. The van der Waals surface area contributed by atoms with Crippen LogP contribution in [0.3, 0.4) is 0 Å². The van der Waals surface area contributed by atoms with Crippen molar-refractivity contribution in [2.24, 2.45) is 5.92 Å². The van der Waals surface area contributed by atoms with E-state index in [0.29, 0.717) is 37.4 Å². The molecule has 0 spiro atoms. The Labute approximate surface area is 155 Å².